The second-order valence-electron chi connectivity index (χ2n) is 5.49. The number of nitrogens with one attached hydrogen (secondary N) is 2. The van der Waals surface area contributed by atoms with Gasteiger partial charge in [-0.05, 0) is 29.3 Å². The lowest BCUT2D eigenvalue weighted by Crippen LogP contribution is -2.42. The van der Waals surface area contributed by atoms with Crippen LogP contribution in [0, 0.1) is 0 Å². The highest BCUT2D eigenvalue weighted by Crippen LogP contribution is 2.30. The van der Waals surface area contributed by atoms with E-state index < -0.39 is 11.7 Å². The maximum atomic E-state index is 12.7. The monoisotopic (exact) mass is 334 g/mol. The van der Waals surface area contributed by atoms with Gasteiger partial charge in [-0.1, -0.05) is 18.2 Å². The molecule has 0 fully saturated rings. The predicted molar refractivity (Wildman–Crippen MR) is 85.6 cm³/mol. The first-order chi connectivity index (χ1) is 11.5. The summed E-state index contributed by atoms with van der Waals surface area (Å²) in [6.45, 7) is 1.88. The van der Waals surface area contributed by atoms with Crippen LogP contribution in [0.5, 0.6) is 0 Å². The zero-order chi connectivity index (χ0) is 17.0. The molecule has 3 rings (SSSR count). The molecule has 0 saturated heterocycles. The molecule has 1 atom stereocenters. The molecular formula is C17H17F3N4. The molecule has 0 aliphatic carbocycles. The van der Waals surface area contributed by atoms with Crippen molar-refractivity contribution in [3.8, 4) is 0 Å². The van der Waals surface area contributed by atoms with E-state index >= 15 is 0 Å². The number of alkyl halides is 3. The molecule has 0 amide bonds. The molecule has 1 aromatic heterocycles. The molecule has 0 spiro atoms. The third kappa shape index (κ3) is 3.91. The van der Waals surface area contributed by atoms with Crippen molar-refractivity contribution in [3.63, 3.8) is 0 Å². The highest BCUT2D eigenvalue weighted by Gasteiger charge is 2.30. The fourth-order valence-electron chi connectivity index (χ4n) is 2.57. The van der Waals surface area contributed by atoms with Gasteiger partial charge in [-0.25, -0.2) is 0 Å². The Morgan fingerprint density at radius 2 is 1.96 bits per heavy atom. The molecule has 2 N–H and O–H groups in total. The number of aliphatic imine (C=N–C) groups is 1. The van der Waals surface area contributed by atoms with Gasteiger partial charge in [0.05, 0.1) is 18.2 Å². The molecule has 126 valence electrons. The first kappa shape index (κ1) is 16.4. The van der Waals surface area contributed by atoms with Crippen molar-refractivity contribution in [2.75, 3.05) is 13.1 Å². The van der Waals surface area contributed by atoms with Gasteiger partial charge in [-0.3, -0.25) is 9.98 Å². The van der Waals surface area contributed by atoms with Crippen LogP contribution in [0.4, 0.5) is 13.2 Å². The largest absolute Gasteiger partial charge is 0.416 e. The molecular weight excluding hydrogens is 317 g/mol. The Balaban J connectivity index is 1.73. The van der Waals surface area contributed by atoms with Crippen molar-refractivity contribution in [3.05, 3.63) is 65.5 Å². The summed E-state index contributed by atoms with van der Waals surface area (Å²) in [4.78, 5) is 8.53. The van der Waals surface area contributed by atoms with E-state index in [2.05, 4.69) is 20.6 Å². The number of nitrogens with zero attached hydrogens (tertiary/aromatic N) is 2. The predicted octanol–water partition coefficient (Wildman–Crippen LogP) is 2.93. The average Bonchev–Trinajstić information content (AvgIpc) is 2.60. The minimum atomic E-state index is -4.33. The first-order valence-corrected chi connectivity index (χ1v) is 7.62. The Morgan fingerprint density at radius 3 is 2.62 bits per heavy atom. The molecule has 4 nitrogen and oxygen atoms in total. The maximum Gasteiger partial charge on any atom is 0.416 e. The summed E-state index contributed by atoms with van der Waals surface area (Å²) in [6, 6.07) is 8.75. The number of amidine groups is 1. The Kier molecular flexibility index (Phi) is 4.80. The number of halogens is 3. The van der Waals surface area contributed by atoms with Crippen LogP contribution in [-0.4, -0.2) is 23.9 Å². The lowest BCUT2D eigenvalue weighted by molar-refractivity contribution is -0.137. The van der Waals surface area contributed by atoms with Gasteiger partial charge in [0.2, 0.25) is 0 Å². The Hall–Kier alpha value is -2.41. The van der Waals surface area contributed by atoms with E-state index in [-0.39, 0.29) is 6.04 Å². The third-order valence-electron chi connectivity index (χ3n) is 3.78. The summed E-state index contributed by atoms with van der Waals surface area (Å²) in [6.07, 6.45) is -0.862. The number of hydrogen-bond acceptors (Lipinski definition) is 4. The van der Waals surface area contributed by atoms with Crippen molar-refractivity contribution < 1.29 is 13.2 Å². The molecule has 2 heterocycles. The van der Waals surface area contributed by atoms with Crippen molar-refractivity contribution in [2.24, 2.45) is 4.99 Å². The number of hydrogen-bond donors (Lipinski definition) is 2. The van der Waals surface area contributed by atoms with Crippen LogP contribution >= 0.6 is 0 Å². The van der Waals surface area contributed by atoms with E-state index in [1.54, 1.807) is 12.4 Å². The van der Waals surface area contributed by atoms with E-state index in [9.17, 15) is 13.2 Å². The summed E-state index contributed by atoms with van der Waals surface area (Å²) in [5.74, 6) is 0.727. The van der Waals surface area contributed by atoms with E-state index in [4.69, 9.17) is 0 Å². The van der Waals surface area contributed by atoms with E-state index in [0.29, 0.717) is 19.6 Å². The normalized spacial score (nSPS) is 18.1. The summed E-state index contributed by atoms with van der Waals surface area (Å²) >= 11 is 0. The van der Waals surface area contributed by atoms with Crippen LogP contribution in [0.15, 0.2) is 53.8 Å². The highest BCUT2D eigenvalue weighted by molar-refractivity contribution is 5.89. The summed E-state index contributed by atoms with van der Waals surface area (Å²) in [5.41, 5.74) is 1.11. The SMILES string of the molecule is FC(F)(F)c1ccc(C2NCCN=C2NCc2cccnc2)cc1. The lowest BCUT2D eigenvalue weighted by Gasteiger charge is -2.26. The standard InChI is InChI=1S/C17H17F3N4/c18-17(19,20)14-5-3-13(4-6-14)15-16(23-9-8-22-15)24-11-12-2-1-7-21-10-12/h1-7,10,15,22H,8-9,11H2,(H,23,24). The van der Waals surface area contributed by atoms with Crippen molar-refractivity contribution in [1.29, 1.82) is 0 Å². The maximum absolute atomic E-state index is 12.7. The molecule has 0 bridgehead atoms. The molecule has 0 radical (unpaired) electrons. The molecule has 7 heteroatoms. The number of pyridine rings is 1. The number of rotatable bonds is 3. The lowest BCUT2D eigenvalue weighted by atomic mass is 10.0. The summed E-state index contributed by atoms with van der Waals surface area (Å²) < 4.78 is 38.1. The zero-order valence-corrected chi connectivity index (χ0v) is 12.8. The van der Waals surface area contributed by atoms with E-state index in [1.165, 1.54) is 12.1 Å². The topological polar surface area (TPSA) is 49.3 Å². The van der Waals surface area contributed by atoms with Gasteiger partial charge in [0, 0.05) is 25.5 Å². The van der Waals surface area contributed by atoms with E-state index in [0.717, 1.165) is 29.1 Å². The average molecular weight is 334 g/mol. The van der Waals surface area contributed by atoms with Crippen LogP contribution < -0.4 is 10.6 Å². The molecule has 1 aliphatic rings. The molecule has 0 saturated carbocycles. The highest BCUT2D eigenvalue weighted by atomic mass is 19.4. The van der Waals surface area contributed by atoms with Crippen LogP contribution in [0.25, 0.3) is 0 Å². The fourth-order valence-corrected chi connectivity index (χ4v) is 2.57. The van der Waals surface area contributed by atoms with Gasteiger partial charge in [0.25, 0.3) is 0 Å². The Morgan fingerprint density at radius 1 is 1.17 bits per heavy atom. The minimum absolute atomic E-state index is 0.238. The van der Waals surface area contributed by atoms with Gasteiger partial charge >= 0.3 is 6.18 Å². The van der Waals surface area contributed by atoms with Gasteiger partial charge < -0.3 is 10.6 Å². The Labute approximate surface area is 137 Å². The van der Waals surface area contributed by atoms with Gasteiger partial charge in [-0.15, -0.1) is 0 Å². The van der Waals surface area contributed by atoms with Crippen molar-refractivity contribution in [2.45, 2.75) is 18.8 Å². The van der Waals surface area contributed by atoms with Crippen LogP contribution in [0.3, 0.4) is 0 Å². The molecule has 1 unspecified atom stereocenters. The van der Waals surface area contributed by atoms with Gasteiger partial charge in [0.1, 0.15) is 5.84 Å². The zero-order valence-electron chi connectivity index (χ0n) is 12.8. The summed E-state index contributed by atoms with van der Waals surface area (Å²) in [5, 5.41) is 6.55. The third-order valence-corrected chi connectivity index (χ3v) is 3.78. The van der Waals surface area contributed by atoms with Crippen molar-refractivity contribution >= 4 is 5.84 Å². The van der Waals surface area contributed by atoms with Gasteiger partial charge in [-0.2, -0.15) is 13.2 Å². The van der Waals surface area contributed by atoms with E-state index in [1.807, 2.05) is 12.1 Å². The molecule has 24 heavy (non-hydrogen) atoms. The second kappa shape index (κ2) is 7.00. The first-order valence-electron chi connectivity index (χ1n) is 7.62. The van der Waals surface area contributed by atoms with Gasteiger partial charge in [0.15, 0.2) is 0 Å². The molecule has 1 aliphatic heterocycles. The molecule has 2 aromatic rings. The Bertz CT molecular complexity index is 696. The van der Waals surface area contributed by atoms with Crippen LogP contribution in [0.1, 0.15) is 22.7 Å². The number of aromatic nitrogens is 1. The quantitative estimate of drug-likeness (QED) is 0.907. The fraction of sp³-hybridized carbons (Fsp3) is 0.294. The number of benzene rings is 1. The van der Waals surface area contributed by atoms with Crippen molar-refractivity contribution in [1.82, 2.24) is 15.6 Å². The second-order valence-corrected chi connectivity index (χ2v) is 5.49. The minimum Gasteiger partial charge on any atom is -0.368 e. The molecule has 1 aromatic carbocycles. The van der Waals surface area contributed by atoms with Crippen LogP contribution in [-0.2, 0) is 12.7 Å². The van der Waals surface area contributed by atoms with Crippen LogP contribution in [0.2, 0.25) is 0 Å². The summed E-state index contributed by atoms with van der Waals surface area (Å²) in [7, 11) is 0. The smallest absolute Gasteiger partial charge is 0.368 e.